The zero-order valence-corrected chi connectivity index (χ0v) is 8.64. The fourth-order valence-corrected chi connectivity index (χ4v) is 1.22. The number of alkyl halides is 2. The SMILES string of the molecule is CC(C)(C)OC(=O)N1CCC(F)(F)C1. The molecule has 1 aliphatic heterocycles. The van der Waals surface area contributed by atoms with Gasteiger partial charge < -0.3 is 9.64 Å². The van der Waals surface area contributed by atoms with Crippen molar-refractivity contribution >= 4 is 6.09 Å². The Kier molecular flexibility index (Phi) is 2.69. The summed E-state index contributed by atoms with van der Waals surface area (Å²) in [4.78, 5) is 12.4. The first-order chi connectivity index (χ1) is 6.20. The van der Waals surface area contributed by atoms with E-state index in [-0.39, 0.29) is 13.0 Å². The van der Waals surface area contributed by atoms with Crippen LogP contribution in [0.25, 0.3) is 0 Å². The second-order valence-electron chi connectivity index (χ2n) is 4.51. The van der Waals surface area contributed by atoms with E-state index >= 15 is 0 Å². The number of halogens is 2. The lowest BCUT2D eigenvalue weighted by Crippen LogP contribution is -2.36. The summed E-state index contributed by atoms with van der Waals surface area (Å²) in [6, 6.07) is 0. The molecular weight excluding hydrogens is 192 g/mol. The Balaban J connectivity index is 2.48. The third-order valence-corrected chi connectivity index (χ3v) is 1.82. The predicted molar refractivity (Wildman–Crippen MR) is 47.4 cm³/mol. The smallest absolute Gasteiger partial charge is 0.410 e. The maximum absolute atomic E-state index is 12.7. The summed E-state index contributed by atoms with van der Waals surface area (Å²) in [7, 11) is 0. The quantitative estimate of drug-likeness (QED) is 0.609. The van der Waals surface area contributed by atoms with E-state index in [1.54, 1.807) is 20.8 Å². The van der Waals surface area contributed by atoms with Gasteiger partial charge in [-0.05, 0) is 20.8 Å². The summed E-state index contributed by atoms with van der Waals surface area (Å²) in [5.41, 5.74) is -0.630. The minimum Gasteiger partial charge on any atom is -0.444 e. The zero-order chi connectivity index (χ0) is 11.0. The minimum atomic E-state index is -2.75. The van der Waals surface area contributed by atoms with Gasteiger partial charge in [-0.3, -0.25) is 0 Å². The molecule has 0 bridgehead atoms. The summed E-state index contributed by atoms with van der Waals surface area (Å²) in [6.45, 7) is 4.67. The van der Waals surface area contributed by atoms with Crippen LogP contribution >= 0.6 is 0 Å². The van der Waals surface area contributed by atoms with Gasteiger partial charge in [0.2, 0.25) is 0 Å². The lowest BCUT2D eigenvalue weighted by molar-refractivity contribution is -0.00189. The fourth-order valence-electron chi connectivity index (χ4n) is 1.22. The largest absolute Gasteiger partial charge is 0.444 e. The average Bonchev–Trinajstić information content (AvgIpc) is 2.26. The van der Waals surface area contributed by atoms with E-state index in [0.717, 1.165) is 4.90 Å². The highest BCUT2D eigenvalue weighted by atomic mass is 19.3. The number of likely N-dealkylation sites (tertiary alicyclic amines) is 1. The van der Waals surface area contributed by atoms with Crippen LogP contribution in [-0.2, 0) is 4.74 Å². The Hall–Kier alpha value is -0.870. The van der Waals surface area contributed by atoms with Crippen LogP contribution in [0.3, 0.4) is 0 Å². The zero-order valence-electron chi connectivity index (χ0n) is 8.64. The van der Waals surface area contributed by atoms with Crippen molar-refractivity contribution in [3.8, 4) is 0 Å². The van der Waals surface area contributed by atoms with Crippen LogP contribution in [0.2, 0.25) is 0 Å². The number of amides is 1. The summed E-state index contributed by atoms with van der Waals surface area (Å²) in [5, 5.41) is 0. The highest BCUT2D eigenvalue weighted by molar-refractivity contribution is 5.68. The van der Waals surface area contributed by atoms with Crippen molar-refractivity contribution in [2.24, 2.45) is 0 Å². The average molecular weight is 207 g/mol. The van der Waals surface area contributed by atoms with Gasteiger partial charge in [0.25, 0.3) is 5.92 Å². The van der Waals surface area contributed by atoms with Gasteiger partial charge in [0.1, 0.15) is 5.60 Å². The molecule has 14 heavy (non-hydrogen) atoms. The van der Waals surface area contributed by atoms with Crippen LogP contribution in [0.5, 0.6) is 0 Å². The van der Waals surface area contributed by atoms with Crippen LogP contribution in [-0.4, -0.2) is 35.6 Å². The maximum atomic E-state index is 12.7. The van der Waals surface area contributed by atoms with Gasteiger partial charge in [-0.1, -0.05) is 0 Å². The Bertz CT molecular complexity index is 235. The van der Waals surface area contributed by atoms with E-state index in [4.69, 9.17) is 4.74 Å². The third kappa shape index (κ3) is 3.12. The van der Waals surface area contributed by atoms with Gasteiger partial charge in [0, 0.05) is 13.0 Å². The molecule has 5 heteroatoms. The predicted octanol–water partition coefficient (Wildman–Crippen LogP) is 2.26. The van der Waals surface area contributed by atoms with E-state index in [9.17, 15) is 13.6 Å². The Morgan fingerprint density at radius 3 is 2.36 bits per heavy atom. The van der Waals surface area contributed by atoms with E-state index in [1.807, 2.05) is 0 Å². The molecule has 0 aromatic heterocycles. The van der Waals surface area contributed by atoms with Crippen molar-refractivity contribution in [1.29, 1.82) is 0 Å². The molecule has 0 aromatic rings. The van der Waals surface area contributed by atoms with Gasteiger partial charge in [0.05, 0.1) is 6.54 Å². The van der Waals surface area contributed by atoms with Gasteiger partial charge in [-0.25, -0.2) is 13.6 Å². The molecule has 82 valence electrons. The van der Waals surface area contributed by atoms with Gasteiger partial charge in [0.15, 0.2) is 0 Å². The highest BCUT2D eigenvalue weighted by Crippen LogP contribution is 2.27. The van der Waals surface area contributed by atoms with Crippen molar-refractivity contribution in [2.45, 2.75) is 38.7 Å². The number of ether oxygens (including phenoxy) is 1. The first-order valence-corrected chi connectivity index (χ1v) is 4.55. The molecule has 1 heterocycles. The number of hydrogen-bond donors (Lipinski definition) is 0. The third-order valence-electron chi connectivity index (χ3n) is 1.82. The molecule has 0 aromatic carbocycles. The van der Waals surface area contributed by atoms with E-state index in [2.05, 4.69) is 0 Å². The monoisotopic (exact) mass is 207 g/mol. The maximum Gasteiger partial charge on any atom is 0.410 e. The summed E-state index contributed by atoms with van der Waals surface area (Å²) >= 11 is 0. The van der Waals surface area contributed by atoms with Crippen LogP contribution in [0.4, 0.5) is 13.6 Å². The molecule has 3 nitrogen and oxygen atoms in total. The first-order valence-electron chi connectivity index (χ1n) is 4.55. The molecule has 0 radical (unpaired) electrons. The molecule has 1 aliphatic rings. The van der Waals surface area contributed by atoms with Gasteiger partial charge in [-0.15, -0.1) is 0 Å². The minimum absolute atomic E-state index is 0.0713. The molecule has 1 saturated heterocycles. The number of carbonyl (C=O) groups is 1. The first kappa shape index (κ1) is 11.2. The van der Waals surface area contributed by atoms with Crippen molar-refractivity contribution in [1.82, 2.24) is 4.90 Å². The van der Waals surface area contributed by atoms with Crippen molar-refractivity contribution in [3.63, 3.8) is 0 Å². The van der Waals surface area contributed by atoms with Crippen LogP contribution < -0.4 is 0 Å². The van der Waals surface area contributed by atoms with E-state index in [1.165, 1.54) is 0 Å². The van der Waals surface area contributed by atoms with Gasteiger partial charge >= 0.3 is 6.09 Å². The number of rotatable bonds is 0. The standard InChI is InChI=1S/C9H15F2NO2/c1-8(2,3)14-7(13)12-5-4-9(10,11)6-12/h4-6H2,1-3H3. The topological polar surface area (TPSA) is 29.5 Å². The molecule has 0 saturated carbocycles. The molecule has 1 rings (SSSR count). The molecule has 0 atom stereocenters. The second kappa shape index (κ2) is 3.37. The lowest BCUT2D eigenvalue weighted by Gasteiger charge is -2.24. The number of nitrogens with zero attached hydrogens (tertiary/aromatic N) is 1. The molecule has 1 amide bonds. The summed E-state index contributed by atoms with van der Waals surface area (Å²) in [5.74, 6) is -2.75. The Morgan fingerprint density at radius 1 is 1.43 bits per heavy atom. The van der Waals surface area contributed by atoms with E-state index < -0.39 is 24.2 Å². The van der Waals surface area contributed by atoms with Crippen LogP contribution in [0.15, 0.2) is 0 Å². The van der Waals surface area contributed by atoms with Crippen molar-refractivity contribution in [2.75, 3.05) is 13.1 Å². The van der Waals surface area contributed by atoms with Crippen LogP contribution in [0, 0.1) is 0 Å². The fraction of sp³-hybridized carbons (Fsp3) is 0.889. The molecule has 0 unspecified atom stereocenters. The van der Waals surface area contributed by atoms with Crippen molar-refractivity contribution in [3.05, 3.63) is 0 Å². The number of carbonyl (C=O) groups excluding carboxylic acids is 1. The Morgan fingerprint density at radius 2 is 2.00 bits per heavy atom. The van der Waals surface area contributed by atoms with Crippen LogP contribution in [0.1, 0.15) is 27.2 Å². The molecular formula is C9H15F2NO2. The second-order valence-corrected chi connectivity index (χ2v) is 4.51. The highest BCUT2D eigenvalue weighted by Gasteiger charge is 2.41. The summed E-state index contributed by atoms with van der Waals surface area (Å²) in [6.07, 6.45) is -0.929. The molecule has 0 N–H and O–H groups in total. The van der Waals surface area contributed by atoms with E-state index in [0.29, 0.717) is 0 Å². The summed E-state index contributed by atoms with van der Waals surface area (Å²) < 4.78 is 30.4. The number of hydrogen-bond acceptors (Lipinski definition) is 2. The molecule has 0 aliphatic carbocycles. The normalized spacial score (nSPS) is 21.1. The molecule has 1 fully saturated rings. The van der Waals surface area contributed by atoms with Gasteiger partial charge in [-0.2, -0.15) is 0 Å². The lowest BCUT2D eigenvalue weighted by atomic mass is 10.2. The Labute approximate surface area is 82.0 Å². The molecule has 0 spiro atoms. The van der Waals surface area contributed by atoms with Crippen molar-refractivity contribution < 1.29 is 18.3 Å².